The van der Waals surface area contributed by atoms with Crippen molar-refractivity contribution in [3.63, 3.8) is 0 Å². The Morgan fingerprint density at radius 1 is 1.33 bits per heavy atom. The molecule has 15 heavy (non-hydrogen) atoms. The summed E-state index contributed by atoms with van der Waals surface area (Å²) in [5, 5.41) is 0. The summed E-state index contributed by atoms with van der Waals surface area (Å²) in [5.41, 5.74) is 0.980. The number of carbonyl (C=O) groups is 1. The van der Waals surface area contributed by atoms with Crippen LogP contribution in [0.25, 0.3) is 0 Å². The third-order valence-electron chi connectivity index (χ3n) is 2.13. The van der Waals surface area contributed by atoms with Crippen LogP contribution in [0.5, 0.6) is 0 Å². The van der Waals surface area contributed by atoms with E-state index in [1.54, 1.807) is 12.4 Å². The van der Waals surface area contributed by atoms with E-state index in [4.69, 9.17) is 4.74 Å². The lowest BCUT2D eigenvalue weighted by atomic mass is 10.2. The first-order valence-electron chi connectivity index (χ1n) is 5.37. The van der Waals surface area contributed by atoms with E-state index >= 15 is 0 Å². The molecule has 0 fully saturated rings. The molecule has 0 saturated carbocycles. The highest BCUT2D eigenvalue weighted by Gasteiger charge is 2.02. The Morgan fingerprint density at radius 2 is 2.07 bits per heavy atom. The van der Waals surface area contributed by atoms with Crippen LogP contribution >= 0.6 is 0 Å². The first kappa shape index (κ1) is 11.7. The van der Waals surface area contributed by atoms with Gasteiger partial charge in [-0.2, -0.15) is 0 Å². The maximum Gasteiger partial charge on any atom is 0.306 e. The van der Waals surface area contributed by atoms with Crippen molar-refractivity contribution in [2.24, 2.45) is 0 Å². The number of rotatable bonds is 6. The summed E-state index contributed by atoms with van der Waals surface area (Å²) in [6, 6.07) is 3.69. The number of esters is 1. The SMILES string of the molecule is CCCCCC(=O)OCc1ccncc1. The van der Waals surface area contributed by atoms with Crippen molar-refractivity contribution in [3.05, 3.63) is 30.1 Å². The zero-order valence-electron chi connectivity index (χ0n) is 9.11. The van der Waals surface area contributed by atoms with Crippen LogP contribution < -0.4 is 0 Å². The van der Waals surface area contributed by atoms with Gasteiger partial charge in [0.15, 0.2) is 0 Å². The van der Waals surface area contributed by atoms with Gasteiger partial charge < -0.3 is 4.74 Å². The number of hydrogen-bond acceptors (Lipinski definition) is 3. The summed E-state index contributed by atoms with van der Waals surface area (Å²) < 4.78 is 5.11. The van der Waals surface area contributed by atoms with Gasteiger partial charge in [-0.25, -0.2) is 0 Å². The molecule has 0 spiro atoms. The molecular weight excluding hydrogens is 190 g/mol. The van der Waals surface area contributed by atoms with Crippen molar-refractivity contribution in [1.82, 2.24) is 4.98 Å². The molecule has 0 N–H and O–H groups in total. The first-order chi connectivity index (χ1) is 7.33. The van der Waals surface area contributed by atoms with Gasteiger partial charge >= 0.3 is 5.97 Å². The molecule has 1 aromatic heterocycles. The first-order valence-corrected chi connectivity index (χ1v) is 5.37. The normalized spacial score (nSPS) is 9.93. The van der Waals surface area contributed by atoms with Gasteiger partial charge in [-0.05, 0) is 24.1 Å². The van der Waals surface area contributed by atoms with E-state index in [-0.39, 0.29) is 5.97 Å². The zero-order chi connectivity index (χ0) is 10.9. The van der Waals surface area contributed by atoms with Crippen molar-refractivity contribution in [3.8, 4) is 0 Å². The monoisotopic (exact) mass is 207 g/mol. The van der Waals surface area contributed by atoms with Crippen molar-refractivity contribution < 1.29 is 9.53 Å². The standard InChI is InChI=1S/C12H17NO2/c1-2-3-4-5-12(14)15-10-11-6-8-13-9-7-11/h6-9H,2-5,10H2,1H3. The highest BCUT2D eigenvalue weighted by molar-refractivity contribution is 5.69. The summed E-state index contributed by atoms with van der Waals surface area (Å²) in [6.07, 6.45) is 7.05. The largest absolute Gasteiger partial charge is 0.461 e. The van der Waals surface area contributed by atoms with E-state index in [0.29, 0.717) is 13.0 Å². The van der Waals surface area contributed by atoms with Crippen LogP contribution in [0, 0.1) is 0 Å². The lowest BCUT2D eigenvalue weighted by Crippen LogP contribution is -2.04. The van der Waals surface area contributed by atoms with Crippen molar-refractivity contribution in [1.29, 1.82) is 0 Å². The molecule has 1 heterocycles. The van der Waals surface area contributed by atoms with Crippen LogP contribution in [0.3, 0.4) is 0 Å². The molecule has 1 aromatic rings. The fraction of sp³-hybridized carbons (Fsp3) is 0.500. The van der Waals surface area contributed by atoms with E-state index in [2.05, 4.69) is 11.9 Å². The Kier molecular flexibility index (Phi) is 5.44. The molecular formula is C12H17NO2. The van der Waals surface area contributed by atoms with Gasteiger partial charge in [-0.3, -0.25) is 9.78 Å². The highest BCUT2D eigenvalue weighted by Crippen LogP contribution is 2.03. The molecule has 0 aliphatic heterocycles. The zero-order valence-corrected chi connectivity index (χ0v) is 9.11. The second-order valence-electron chi connectivity index (χ2n) is 3.47. The van der Waals surface area contributed by atoms with Gasteiger partial charge in [0.05, 0.1) is 0 Å². The third-order valence-corrected chi connectivity index (χ3v) is 2.13. The number of hydrogen-bond donors (Lipinski definition) is 0. The Morgan fingerprint density at radius 3 is 2.73 bits per heavy atom. The number of ether oxygens (including phenoxy) is 1. The van der Waals surface area contributed by atoms with E-state index in [1.165, 1.54) is 0 Å². The quantitative estimate of drug-likeness (QED) is 0.532. The molecule has 0 saturated heterocycles. The van der Waals surface area contributed by atoms with Crippen LogP contribution in [0.1, 0.15) is 38.2 Å². The molecule has 0 bridgehead atoms. The summed E-state index contributed by atoms with van der Waals surface area (Å²) in [7, 11) is 0. The van der Waals surface area contributed by atoms with Crippen LogP contribution in [-0.2, 0) is 16.1 Å². The van der Waals surface area contributed by atoms with Crippen LogP contribution in [-0.4, -0.2) is 11.0 Å². The minimum atomic E-state index is -0.111. The average Bonchev–Trinajstić information content (AvgIpc) is 2.28. The summed E-state index contributed by atoms with van der Waals surface area (Å²) in [6.45, 7) is 2.47. The molecule has 82 valence electrons. The minimum Gasteiger partial charge on any atom is -0.461 e. The number of pyridine rings is 1. The molecule has 0 unspecified atom stereocenters. The predicted octanol–water partition coefficient (Wildman–Crippen LogP) is 2.71. The Hall–Kier alpha value is -1.38. The molecule has 0 aliphatic carbocycles. The van der Waals surface area contributed by atoms with Gasteiger partial charge in [0.25, 0.3) is 0 Å². The maximum absolute atomic E-state index is 11.3. The minimum absolute atomic E-state index is 0.111. The lowest BCUT2D eigenvalue weighted by molar-refractivity contribution is -0.145. The Bertz CT molecular complexity index is 285. The van der Waals surface area contributed by atoms with Crippen LogP contribution in [0.15, 0.2) is 24.5 Å². The Balaban J connectivity index is 2.17. The number of unbranched alkanes of at least 4 members (excludes halogenated alkanes) is 2. The molecule has 0 aliphatic rings. The van der Waals surface area contributed by atoms with E-state index in [9.17, 15) is 4.79 Å². The number of aromatic nitrogens is 1. The van der Waals surface area contributed by atoms with Crippen LogP contribution in [0.2, 0.25) is 0 Å². The third kappa shape index (κ3) is 5.15. The fourth-order valence-electron chi connectivity index (χ4n) is 1.23. The predicted molar refractivity (Wildman–Crippen MR) is 58.2 cm³/mol. The molecule has 0 atom stereocenters. The Labute approximate surface area is 90.5 Å². The van der Waals surface area contributed by atoms with Gasteiger partial charge in [0, 0.05) is 18.8 Å². The second kappa shape index (κ2) is 6.98. The second-order valence-corrected chi connectivity index (χ2v) is 3.47. The molecule has 0 aromatic carbocycles. The highest BCUT2D eigenvalue weighted by atomic mass is 16.5. The van der Waals surface area contributed by atoms with Gasteiger partial charge in [-0.1, -0.05) is 19.8 Å². The van der Waals surface area contributed by atoms with Gasteiger partial charge in [0.1, 0.15) is 6.61 Å². The molecule has 0 amide bonds. The van der Waals surface area contributed by atoms with Gasteiger partial charge in [0.2, 0.25) is 0 Å². The summed E-state index contributed by atoms with van der Waals surface area (Å²) in [4.78, 5) is 15.1. The topological polar surface area (TPSA) is 39.2 Å². The number of carbonyl (C=O) groups excluding carboxylic acids is 1. The average molecular weight is 207 g/mol. The molecule has 1 rings (SSSR count). The molecule has 3 heteroatoms. The molecule has 3 nitrogen and oxygen atoms in total. The smallest absolute Gasteiger partial charge is 0.306 e. The van der Waals surface area contributed by atoms with Crippen molar-refractivity contribution in [2.45, 2.75) is 39.2 Å². The van der Waals surface area contributed by atoms with E-state index < -0.39 is 0 Å². The van der Waals surface area contributed by atoms with E-state index in [0.717, 1.165) is 24.8 Å². The summed E-state index contributed by atoms with van der Waals surface area (Å²) >= 11 is 0. The fourth-order valence-corrected chi connectivity index (χ4v) is 1.23. The van der Waals surface area contributed by atoms with Crippen molar-refractivity contribution in [2.75, 3.05) is 0 Å². The lowest BCUT2D eigenvalue weighted by Gasteiger charge is -2.03. The summed E-state index contributed by atoms with van der Waals surface area (Å²) in [5.74, 6) is -0.111. The van der Waals surface area contributed by atoms with E-state index in [1.807, 2.05) is 12.1 Å². The van der Waals surface area contributed by atoms with Crippen LogP contribution in [0.4, 0.5) is 0 Å². The molecule has 0 radical (unpaired) electrons. The maximum atomic E-state index is 11.3. The van der Waals surface area contributed by atoms with Crippen molar-refractivity contribution >= 4 is 5.97 Å². The number of nitrogens with zero attached hydrogens (tertiary/aromatic N) is 1. The van der Waals surface area contributed by atoms with Gasteiger partial charge in [-0.15, -0.1) is 0 Å².